The van der Waals surface area contributed by atoms with Crippen LogP contribution < -0.4 is 20.1 Å². The van der Waals surface area contributed by atoms with Gasteiger partial charge >= 0.3 is 0 Å². The zero-order valence-electron chi connectivity index (χ0n) is 13.5. The predicted octanol–water partition coefficient (Wildman–Crippen LogP) is 2.61. The Kier molecular flexibility index (Phi) is 4.37. The summed E-state index contributed by atoms with van der Waals surface area (Å²) in [6, 6.07) is 10.8. The molecule has 0 fully saturated rings. The van der Waals surface area contributed by atoms with Crippen LogP contribution >= 0.6 is 0 Å². The molecule has 2 aromatic carbocycles. The molecular formula is C18H18N2O4. The highest BCUT2D eigenvalue weighted by molar-refractivity contribution is 5.97. The Labute approximate surface area is 139 Å². The lowest BCUT2D eigenvalue weighted by Crippen LogP contribution is -2.23. The molecule has 24 heavy (non-hydrogen) atoms. The molecule has 2 amide bonds. The molecule has 0 saturated heterocycles. The quantitative estimate of drug-likeness (QED) is 0.905. The summed E-state index contributed by atoms with van der Waals surface area (Å²) in [4.78, 5) is 23.5. The van der Waals surface area contributed by atoms with Crippen LogP contribution in [0.4, 0.5) is 5.69 Å². The number of amides is 2. The van der Waals surface area contributed by atoms with Crippen molar-refractivity contribution < 1.29 is 19.1 Å². The number of benzene rings is 2. The molecule has 124 valence electrons. The van der Waals surface area contributed by atoms with Gasteiger partial charge in [-0.3, -0.25) is 9.59 Å². The second-order valence-corrected chi connectivity index (χ2v) is 5.58. The van der Waals surface area contributed by atoms with E-state index >= 15 is 0 Å². The van der Waals surface area contributed by atoms with Crippen LogP contribution in [0.15, 0.2) is 36.4 Å². The fraction of sp³-hybridized carbons (Fsp3) is 0.222. The van der Waals surface area contributed by atoms with Gasteiger partial charge in [-0.05, 0) is 42.3 Å². The van der Waals surface area contributed by atoms with Crippen molar-refractivity contribution in [3.63, 3.8) is 0 Å². The normalized spacial score (nSPS) is 11.9. The van der Waals surface area contributed by atoms with E-state index in [4.69, 9.17) is 9.47 Å². The highest BCUT2D eigenvalue weighted by atomic mass is 16.7. The first kappa shape index (κ1) is 15.9. The molecule has 1 aliphatic rings. The van der Waals surface area contributed by atoms with Crippen molar-refractivity contribution in [1.82, 2.24) is 5.32 Å². The summed E-state index contributed by atoms with van der Waals surface area (Å²) >= 11 is 0. The molecule has 6 heteroatoms. The number of carbonyl (C=O) groups excluding carboxylic acids is 2. The Hall–Kier alpha value is -3.02. The monoisotopic (exact) mass is 326 g/mol. The number of ether oxygens (including phenoxy) is 2. The minimum Gasteiger partial charge on any atom is -0.454 e. The molecule has 2 aromatic rings. The maximum atomic E-state index is 12.3. The van der Waals surface area contributed by atoms with Crippen LogP contribution in [-0.2, 0) is 11.3 Å². The van der Waals surface area contributed by atoms with Gasteiger partial charge in [-0.25, -0.2) is 0 Å². The smallest absolute Gasteiger partial charge is 0.251 e. The van der Waals surface area contributed by atoms with Crippen LogP contribution in [0.25, 0.3) is 0 Å². The van der Waals surface area contributed by atoms with Crippen molar-refractivity contribution in [3.8, 4) is 11.5 Å². The number of hydrogen-bond acceptors (Lipinski definition) is 4. The van der Waals surface area contributed by atoms with Gasteiger partial charge in [-0.2, -0.15) is 0 Å². The van der Waals surface area contributed by atoms with Crippen molar-refractivity contribution in [3.05, 3.63) is 53.1 Å². The molecule has 1 aliphatic heterocycles. The van der Waals surface area contributed by atoms with Gasteiger partial charge in [0.15, 0.2) is 11.5 Å². The summed E-state index contributed by atoms with van der Waals surface area (Å²) in [5.74, 6) is 1.02. The van der Waals surface area contributed by atoms with Gasteiger partial charge in [-0.15, -0.1) is 0 Å². The van der Waals surface area contributed by atoms with Crippen LogP contribution in [-0.4, -0.2) is 18.6 Å². The molecule has 0 radical (unpaired) electrons. The summed E-state index contributed by atoms with van der Waals surface area (Å²) in [7, 11) is 0. The lowest BCUT2D eigenvalue weighted by Gasteiger charge is -2.10. The zero-order valence-corrected chi connectivity index (χ0v) is 13.5. The Morgan fingerprint density at radius 1 is 1.08 bits per heavy atom. The lowest BCUT2D eigenvalue weighted by molar-refractivity contribution is -0.114. The van der Waals surface area contributed by atoms with E-state index in [1.54, 1.807) is 18.2 Å². The number of anilines is 1. The van der Waals surface area contributed by atoms with Gasteiger partial charge in [-0.1, -0.05) is 12.1 Å². The van der Waals surface area contributed by atoms with E-state index in [9.17, 15) is 9.59 Å². The van der Waals surface area contributed by atoms with E-state index in [0.29, 0.717) is 29.3 Å². The first-order valence-corrected chi connectivity index (χ1v) is 7.58. The number of aryl methyl sites for hydroxylation is 1. The topological polar surface area (TPSA) is 76.7 Å². The van der Waals surface area contributed by atoms with Crippen molar-refractivity contribution >= 4 is 17.5 Å². The first-order valence-electron chi connectivity index (χ1n) is 7.58. The fourth-order valence-corrected chi connectivity index (χ4v) is 2.42. The second-order valence-electron chi connectivity index (χ2n) is 5.58. The average molecular weight is 326 g/mol. The Balaban J connectivity index is 1.67. The van der Waals surface area contributed by atoms with E-state index in [1.165, 1.54) is 6.92 Å². The van der Waals surface area contributed by atoms with Gasteiger partial charge in [0.2, 0.25) is 12.7 Å². The first-order chi connectivity index (χ1) is 11.5. The van der Waals surface area contributed by atoms with Gasteiger partial charge in [0.1, 0.15) is 0 Å². The predicted molar refractivity (Wildman–Crippen MR) is 89.2 cm³/mol. The van der Waals surface area contributed by atoms with E-state index in [1.807, 2.05) is 25.1 Å². The summed E-state index contributed by atoms with van der Waals surface area (Å²) < 4.78 is 10.6. The molecule has 0 atom stereocenters. The second kappa shape index (κ2) is 6.62. The Bertz CT molecular complexity index is 802. The molecule has 0 aromatic heterocycles. The number of rotatable bonds is 4. The lowest BCUT2D eigenvalue weighted by atomic mass is 10.1. The molecule has 0 unspecified atom stereocenters. The highest BCUT2D eigenvalue weighted by Crippen LogP contribution is 2.32. The van der Waals surface area contributed by atoms with Crippen LogP contribution in [0.1, 0.15) is 28.4 Å². The third kappa shape index (κ3) is 3.48. The number of carbonyl (C=O) groups is 2. The van der Waals surface area contributed by atoms with Crippen molar-refractivity contribution in [2.75, 3.05) is 12.1 Å². The van der Waals surface area contributed by atoms with Crippen molar-refractivity contribution in [2.24, 2.45) is 0 Å². The maximum absolute atomic E-state index is 12.3. The molecule has 2 N–H and O–H groups in total. The molecule has 3 rings (SSSR count). The Morgan fingerprint density at radius 2 is 1.88 bits per heavy atom. The molecule has 6 nitrogen and oxygen atoms in total. The molecule has 0 spiro atoms. The van der Waals surface area contributed by atoms with Gasteiger partial charge in [0, 0.05) is 24.7 Å². The standard InChI is InChI=1S/C18H18N2O4/c1-11-3-5-14(8-15(11)20-12(2)21)18(22)19-9-13-4-6-16-17(7-13)24-10-23-16/h3-8H,9-10H2,1-2H3,(H,19,22)(H,20,21). The van der Waals surface area contributed by atoms with Crippen LogP contribution in [0.3, 0.4) is 0 Å². The highest BCUT2D eigenvalue weighted by Gasteiger charge is 2.14. The summed E-state index contributed by atoms with van der Waals surface area (Å²) in [5, 5.41) is 5.58. The van der Waals surface area contributed by atoms with Crippen LogP contribution in [0, 0.1) is 6.92 Å². The van der Waals surface area contributed by atoms with Crippen LogP contribution in [0.5, 0.6) is 11.5 Å². The average Bonchev–Trinajstić information content (AvgIpc) is 3.02. The fourth-order valence-electron chi connectivity index (χ4n) is 2.42. The maximum Gasteiger partial charge on any atom is 0.251 e. The third-order valence-electron chi connectivity index (χ3n) is 3.70. The summed E-state index contributed by atoms with van der Waals surface area (Å²) in [6.45, 7) is 3.91. The van der Waals surface area contributed by atoms with Crippen LogP contribution in [0.2, 0.25) is 0 Å². The minimum atomic E-state index is -0.209. The SMILES string of the molecule is CC(=O)Nc1cc(C(=O)NCc2ccc3c(c2)OCO3)ccc1C. The zero-order chi connectivity index (χ0) is 17.1. The van der Waals surface area contributed by atoms with E-state index in [2.05, 4.69) is 10.6 Å². The van der Waals surface area contributed by atoms with E-state index in [0.717, 1.165) is 11.1 Å². The Morgan fingerprint density at radius 3 is 2.67 bits per heavy atom. The largest absolute Gasteiger partial charge is 0.454 e. The van der Waals surface area contributed by atoms with Gasteiger partial charge < -0.3 is 20.1 Å². The van der Waals surface area contributed by atoms with E-state index < -0.39 is 0 Å². The molecule has 1 heterocycles. The number of fused-ring (bicyclic) bond motifs is 1. The minimum absolute atomic E-state index is 0.170. The molecular weight excluding hydrogens is 308 g/mol. The number of nitrogens with one attached hydrogen (secondary N) is 2. The third-order valence-corrected chi connectivity index (χ3v) is 3.70. The molecule has 0 aliphatic carbocycles. The van der Waals surface area contributed by atoms with Crippen molar-refractivity contribution in [1.29, 1.82) is 0 Å². The summed E-state index contributed by atoms with van der Waals surface area (Å²) in [5.41, 5.74) is 2.95. The van der Waals surface area contributed by atoms with E-state index in [-0.39, 0.29) is 18.6 Å². The van der Waals surface area contributed by atoms with Crippen molar-refractivity contribution in [2.45, 2.75) is 20.4 Å². The van der Waals surface area contributed by atoms with Gasteiger partial charge in [0.05, 0.1) is 0 Å². The molecule has 0 saturated carbocycles. The van der Waals surface area contributed by atoms with Gasteiger partial charge in [0.25, 0.3) is 5.91 Å². The summed E-state index contributed by atoms with van der Waals surface area (Å²) in [6.07, 6.45) is 0. The molecule has 0 bridgehead atoms. The number of hydrogen-bond donors (Lipinski definition) is 2.